The van der Waals surface area contributed by atoms with Crippen molar-refractivity contribution in [3.8, 4) is 0 Å². The van der Waals surface area contributed by atoms with Crippen LogP contribution in [0.4, 0.5) is 0 Å². The van der Waals surface area contributed by atoms with E-state index in [1.165, 1.54) is 0 Å². The molecule has 2 rings (SSSR count). The number of aromatic nitrogens is 1. The van der Waals surface area contributed by atoms with E-state index < -0.39 is 18.5 Å². The fourth-order valence-corrected chi connectivity index (χ4v) is 1.54. The van der Waals surface area contributed by atoms with Crippen molar-refractivity contribution in [2.75, 3.05) is 6.61 Å². The number of carbonyl (C=O) groups is 2. The number of aromatic amines is 1. The van der Waals surface area contributed by atoms with Crippen LogP contribution in [-0.2, 0) is 9.63 Å². The molecule has 0 unspecified atom stereocenters. The minimum Gasteiger partial charge on any atom is -0.479 e. The van der Waals surface area contributed by atoms with Crippen LogP contribution in [0.1, 0.15) is 10.5 Å². The highest BCUT2D eigenvalue weighted by molar-refractivity contribution is 5.94. The van der Waals surface area contributed by atoms with Gasteiger partial charge in [-0.3, -0.25) is 14.4 Å². The highest BCUT2D eigenvalue weighted by Crippen LogP contribution is 2.07. The topological polar surface area (TPSA) is 108 Å². The largest absolute Gasteiger partial charge is 0.479 e. The van der Waals surface area contributed by atoms with Crippen molar-refractivity contribution < 1.29 is 19.5 Å². The van der Waals surface area contributed by atoms with Crippen molar-refractivity contribution in [3.63, 3.8) is 0 Å². The molecule has 0 aliphatic rings. The number of fused-ring (bicyclic) bond motifs is 1. The van der Waals surface area contributed by atoms with E-state index in [1.54, 1.807) is 24.3 Å². The number of carboxylic acids is 1. The van der Waals surface area contributed by atoms with Crippen molar-refractivity contribution in [2.45, 2.75) is 0 Å². The number of benzene rings is 1. The number of hydrogen-bond acceptors (Lipinski definition) is 4. The molecule has 0 aliphatic carbocycles. The van der Waals surface area contributed by atoms with Gasteiger partial charge in [0.15, 0.2) is 12.0 Å². The molecule has 98 valence electrons. The molecule has 2 aromatic rings. The molecular formula is C12H10N2O5. The summed E-state index contributed by atoms with van der Waals surface area (Å²) in [5, 5.41) is 8.81. The molecule has 0 spiro atoms. The smallest absolute Gasteiger partial charge is 0.332 e. The van der Waals surface area contributed by atoms with Gasteiger partial charge in [0.25, 0.3) is 5.91 Å². The number of carboxylic acid groups (broad SMARTS) is 1. The number of nitrogens with one attached hydrogen (secondary N) is 2. The monoisotopic (exact) mass is 262 g/mol. The van der Waals surface area contributed by atoms with Crippen LogP contribution in [0.25, 0.3) is 10.9 Å². The molecule has 0 bridgehead atoms. The van der Waals surface area contributed by atoms with Gasteiger partial charge in [0.05, 0.1) is 0 Å². The number of aliphatic carboxylic acids is 1. The summed E-state index contributed by atoms with van der Waals surface area (Å²) in [6.45, 7) is -0.663. The first-order valence-corrected chi connectivity index (χ1v) is 5.34. The van der Waals surface area contributed by atoms with Gasteiger partial charge in [0.1, 0.15) is 5.69 Å². The standard InChI is InChI=1S/C12H10N2O5/c15-10-5-9(12(18)14-19-6-11(16)17)13-8-4-2-1-3-7(8)10/h1-5H,6H2,(H,13,15)(H,14,18)(H,16,17). The molecule has 0 saturated heterocycles. The molecule has 7 heteroatoms. The molecule has 0 atom stereocenters. The van der Waals surface area contributed by atoms with Crippen LogP contribution in [0.2, 0.25) is 0 Å². The highest BCUT2D eigenvalue weighted by atomic mass is 16.7. The van der Waals surface area contributed by atoms with Crippen LogP contribution >= 0.6 is 0 Å². The van der Waals surface area contributed by atoms with Crippen LogP contribution in [0, 0.1) is 0 Å². The van der Waals surface area contributed by atoms with Crippen molar-refractivity contribution in [2.24, 2.45) is 0 Å². The lowest BCUT2D eigenvalue weighted by Crippen LogP contribution is -2.28. The molecule has 0 fully saturated rings. The molecule has 1 heterocycles. The summed E-state index contributed by atoms with van der Waals surface area (Å²) in [5.41, 5.74) is 2.13. The Hall–Kier alpha value is -2.67. The van der Waals surface area contributed by atoms with E-state index in [0.717, 1.165) is 6.07 Å². The van der Waals surface area contributed by atoms with E-state index in [1.807, 2.05) is 5.48 Å². The predicted octanol–water partition coefficient (Wildman–Crippen LogP) is 0.274. The lowest BCUT2D eigenvalue weighted by atomic mass is 10.2. The summed E-state index contributed by atoms with van der Waals surface area (Å²) >= 11 is 0. The summed E-state index contributed by atoms with van der Waals surface area (Å²) in [6, 6.07) is 7.86. The van der Waals surface area contributed by atoms with Gasteiger partial charge >= 0.3 is 5.97 Å². The molecule has 3 N–H and O–H groups in total. The van der Waals surface area contributed by atoms with Gasteiger partial charge < -0.3 is 10.1 Å². The van der Waals surface area contributed by atoms with E-state index in [0.29, 0.717) is 10.9 Å². The number of amides is 1. The molecular weight excluding hydrogens is 252 g/mol. The average molecular weight is 262 g/mol. The van der Waals surface area contributed by atoms with Gasteiger partial charge in [-0.05, 0) is 12.1 Å². The minimum absolute atomic E-state index is 0.00547. The van der Waals surface area contributed by atoms with E-state index in [-0.39, 0.29) is 11.1 Å². The zero-order chi connectivity index (χ0) is 13.8. The lowest BCUT2D eigenvalue weighted by molar-refractivity contribution is -0.144. The Balaban J connectivity index is 2.23. The number of rotatable bonds is 4. The third-order valence-electron chi connectivity index (χ3n) is 2.34. The predicted molar refractivity (Wildman–Crippen MR) is 65.6 cm³/mol. The molecule has 1 amide bonds. The van der Waals surface area contributed by atoms with E-state index in [9.17, 15) is 14.4 Å². The Bertz CT molecular complexity index is 692. The molecule has 1 aromatic carbocycles. The summed E-state index contributed by atoms with van der Waals surface area (Å²) in [7, 11) is 0. The normalized spacial score (nSPS) is 10.3. The maximum absolute atomic E-state index is 11.8. The second-order valence-corrected chi connectivity index (χ2v) is 3.71. The van der Waals surface area contributed by atoms with Crippen molar-refractivity contribution in [3.05, 3.63) is 46.2 Å². The summed E-state index contributed by atoms with van der Waals surface area (Å²) in [6.07, 6.45) is 0. The lowest BCUT2D eigenvalue weighted by Gasteiger charge is -2.05. The second-order valence-electron chi connectivity index (χ2n) is 3.71. The Morgan fingerprint density at radius 1 is 1.32 bits per heavy atom. The fourth-order valence-electron chi connectivity index (χ4n) is 1.54. The van der Waals surface area contributed by atoms with Gasteiger partial charge in [-0.1, -0.05) is 12.1 Å². The fraction of sp³-hybridized carbons (Fsp3) is 0.0833. The second kappa shape index (κ2) is 5.32. The number of carbonyl (C=O) groups excluding carboxylic acids is 1. The molecule has 1 aromatic heterocycles. The third-order valence-corrected chi connectivity index (χ3v) is 2.34. The van der Waals surface area contributed by atoms with E-state index >= 15 is 0 Å². The molecule has 19 heavy (non-hydrogen) atoms. The van der Waals surface area contributed by atoms with E-state index in [2.05, 4.69) is 9.82 Å². The molecule has 7 nitrogen and oxygen atoms in total. The molecule has 0 aliphatic heterocycles. The first-order chi connectivity index (χ1) is 9.08. The molecule has 0 saturated carbocycles. The maximum Gasteiger partial charge on any atom is 0.332 e. The summed E-state index contributed by atoms with van der Waals surface area (Å²) in [4.78, 5) is 40.8. The van der Waals surface area contributed by atoms with Crippen LogP contribution in [0.5, 0.6) is 0 Å². The summed E-state index contributed by atoms with van der Waals surface area (Å²) in [5.74, 6) is -1.93. The van der Waals surface area contributed by atoms with Crippen molar-refractivity contribution in [1.29, 1.82) is 0 Å². The summed E-state index contributed by atoms with van der Waals surface area (Å²) < 4.78 is 0. The number of para-hydroxylation sites is 1. The first-order valence-electron chi connectivity index (χ1n) is 5.34. The Labute approximate surface area is 106 Å². The van der Waals surface area contributed by atoms with Crippen LogP contribution in [-0.4, -0.2) is 28.6 Å². The third kappa shape index (κ3) is 2.96. The Morgan fingerprint density at radius 2 is 2.05 bits per heavy atom. The number of hydroxylamine groups is 1. The van der Waals surface area contributed by atoms with Gasteiger partial charge in [-0.15, -0.1) is 0 Å². The number of H-pyrrole nitrogens is 1. The highest BCUT2D eigenvalue weighted by Gasteiger charge is 2.10. The van der Waals surface area contributed by atoms with Gasteiger partial charge in [-0.2, -0.15) is 0 Å². The quantitative estimate of drug-likeness (QED) is 0.685. The minimum atomic E-state index is -1.22. The SMILES string of the molecule is O=C(O)CONC(=O)c1cc(=O)c2ccccc2[nH]1. The average Bonchev–Trinajstić information content (AvgIpc) is 2.38. The van der Waals surface area contributed by atoms with Crippen LogP contribution < -0.4 is 10.9 Å². The number of pyridine rings is 1. The van der Waals surface area contributed by atoms with Gasteiger partial charge in [0, 0.05) is 17.0 Å². The van der Waals surface area contributed by atoms with Crippen molar-refractivity contribution >= 4 is 22.8 Å². The zero-order valence-electron chi connectivity index (χ0n) is 9.67. The Kier molecular flexibility index (Phi) is 3.58. The maximum atomic E-state index is 11.8. The van der Waals surface area contributed by atoms with Gasteiger partial charge in [0.2, 0.25) is 0 Å². The molecule has 0 radical (unpaired) electrons. The zero-order valence-corrected chi connectivity index (χ0v) is 9.67. The van der Waals surface area contributed by atoms with Crippen LogP contribution in [0.15, 0.2) is 35.1 Å². The van der Waals surface area contributed by atoms with Crippen LogP contribution in [0.3, 0.4) is 0 Å². The first kappa shape index (κ1) is 12.8. The van der Waals surface area contributed by atoms with Gasteiger partial charge in [-0.25, -0.2) is 10.3 Å². The Morgan fingerprint density at radius 3 is 2.79 bits per heavy atom. The van der Waals surface area contributed by atoms with Crippen molar-refractivity contribution in [1.82, 2.24) is 10.5 Å². The number of hydrogen-bond donors (Lipinski definition) is 3. The van der Waals surface area contributed by atoms with E-state index in [4.69, 9.17) is 5.11 Å².